The number of hydrogen-bond donors (Lipinski definition) is 2. The Morgan fingerprint density at radius 1 is 0.441 bits per heavy atom. The summed E-state index contributed by atoms with van der Waals surface area (Å²) in [6, 6.07) is 47.6. The Morgan fingerprint density at radius 2 is 1.00 bits per heavy atom. The van der Waals surface area contributed by atoms with Crippen molar-refractivity contribution < 1.29 is 0 Å². The highest BCUT2D eigenvalue weighted by atomic mass is 14.9. The van der Waals surface area contributed by atoms with Crippen LogP contribution >= 0.6 is 0 Å². The lowest BCUT2D eigenvalue weighted by Gasteiger charge is -2.09. The molecule has 6 aromatic carbocycles. The van der Waals surface area contributed by atoms with Crippen LogP contribution in [0, 0.1) is 0 Å². The third kappa shape index (κ3) is 4.62. The van der Waals surface area contributed by atoms with Crippen LogP contribution in [-0.4, -0.2) is 0 Å². The molecular formula is C32H26N2. The first kappa shape index (κ1) is 21.3. The third-order valence-corrected chi connectivity index (χ3v) is 5.90. The van der Waals surface area contributed by atoms with E-state index in [1.165, 1.54) is 16.2 Å². The number of hydrogen-bond acceptors (Lipinski definition) is 2. The monoisotopic (exact) mass is 438 g/mol. The van der Waals surface area contributed by atoms with Gasteiger partial charge < -0.3 is 11.1 Å². The molecule has 0 unspecified atom stereocenters. The predicted molar refractivity (Wildman–Crippen MR) is 147 cm³/mol. The Balaban J connectivity index is 0.000000142. The molecule has 0 heterocycles. The van der Waals surface area contributed by atoms with Crippen molar-refractivity contribution in [2.45, 2.75) is 0 Å². The van der Waals surface area contributed by atoms with Crippen molar-refractivity contribution in [1.29, 1.82) is 0 Å². The first-order chi connectivity index (χ1) is 16.8. The molecule has 6 rings (SSSR count). The lowest BCUT2D eigenvalue weighted by molar-refractivity contribution is 1.58. The van der Waals surface area contributed by atoms with Crippen LogP contribution in [0.5, 0.6) is 0 Å². The van der Waals surface area contributed by atoms with Crippen molar-refractivity contribution >= 4 is 38.6 Å². The highest BCUT2D eigenvalue weighted by molar-refractivity contribution is 6.00. The molecule has 0 amide bonds. The fourth-order valence-electron chi connectivity index (χ4n) is 4.18. The number of para-hydroxylation sites is 1. The van der Waals surface area contributed by atoms with Gasteiger partial charge in [-0.2, -0.15) is 0 Å². The first-order valence-electron chi connectivity index (χ1n) is 11.4. The number of nitrogen functional groups attached to an aromatic ring is 1. The van der Waals surface area contributed by atoms with Gasteiger partial charge in [-0.15, -0.1) is 0 Å². The molecule has 164 valence electrons. The van der Waals surface area contributed by atoms with E-state index in [1.54, 1.807) is 0 Å². The lowest BCUT2D eigenvalue weighted by Crippen LogP contribution is -1.91. The van der Waals surface area contributed by atoms with E-state index in [4.69, 9.17) is 5.73 Å². The average molecular weight is 439 g/mol. The minimum Gasteiger partial charge on any atom is -0.398 e. The summed E-state index contributed by atoms with van der Waals surface area (Å²) in [6.07, 6.45) is 0. The largest absolute Gasteiger partial charge is 0.398 e. The maximum absolute atomic E-state index is 6.25. The zero-order chi connectivity index (χ0) is 23.2. The molecule has 2 nitrogen and oxygen atoms in total. The van der Waals surface area contributed by atoms with Gasteiger partial charge in [-0.05, 0) is 34.5 Å². The van der Waals surface area contributed by atoms with E-state index in [9.17, 15) is 0 Å². The van der Waals surface area contributed by atoms with E-state index < -0.39 is 0 Å². The molecule has 3 N–H and O–H groups in total. The van der Waals surface area contributed by atoms with E-state index in [2.05, 4.69) is 96.3 Å². The van der Waals surface area contributed by atoms with E-state index in [-0.39, 0.29) is 0 Å². The molecule has 0 aliphatic rings. The second-order valence-corrected chi connectivity index (χ2v) is 8.13. The van der Waals surface area contributed by atoms with Crippen molar-refractivity contribution in [3.63, 3.8) is 0 Å². The quantitative estimate of drug-likeness (QED) is 0.271. The molecule has 0 atom stereocenters. The fourth-order valence-corrected chi connectivity index (χ4v) is 4.18. The van der Waals surface area contributed by atoms with Crippen LogP contribution in [0.4, 0.5) is 17.1 Å². The van der Waals surface area contributed by atoms with Gasteiger partial charge in [0.25, 0.3) is 0 Å². The summed E-state index contributed by atoms with van der Waals surface area (Å²) < 4.78 is 0. The van der Waals surface area contributed by atoms with Crippen LogP contribution in [0.15, 0.2) is 140 Å². The average Bonchev–Trinajstić information content (AvgIpc) is 2.91. The Kier molecular flexibility index (Phi) is 6.22. The van der Waals surface area contributed by atoms with Crippen LogP contribution in [0.2, 0.25) is 0 Å². The number of rotatable bonds is 3. The zero-order valence-electron chi connectivity index (χ0n) is 18.9. The van der Waals surface area contributed by atoms with Crippen LogP contribution < -0.4 is 11.1 Å². The highest BCUT2D eigenvalue weighted by Crippen LogP contribution is 2.32. The van der Waals surface area contributed by atoms with Gasteiger partial charge in [0, 0.05) is 33.4 Å². The van der Waals surface area contributed by atoms with Crippen LogP contribution in [0.25, 0.3) is 32.7 Å². The summed E-state index contributed by atoms with van der Waals surface area (Å²) in [6.45, 7) is 0. The lowest BCUT2D eigenvalue weighted by atomic mass is 9.99. The third-order valence-electron chi connectivity index (χ3n) is 5.90. The zero-order valence-corrected chi connectivity index (χ0v) is 18.9. The van der Waals surface area contributed by atoms with Gasteiger partial charge in [0.2, 0.25) is 0 Å². The van der Waals surface area contributed by atoms with Crippen molar-refractivity contribution in [3.05, 3.63) is 140 Å². The molecule has 0 aliphatic carbocycles. The minimum absolute atomic E-state index is 0.856. The summed E-state index contributed by atoms with van der Waals surface area (Å²) >= 11 is 0. The number of anilines is 3. The molecule has 0 radical (unpaired) electrons. The molecule has 0 saturated heterocycles. The Labute approximate surface area is 200 Å². The Hall–Kier alpha value is -4.56. The van der Waals surface area contributed by atoms with Gasteiger partial charge in [-0.25, -0.2) is 0 Å². The second-order valence-electron chi connectivity index (χ2n) is 8.13. The maximum Gasteiger partial charge on any atom is 0.0473 e. The molecule has 0 aliphatic heterocycles. The molecule has 0 bridgehead atoms. The summed E-state index contributed by atoms with van der Waals surface area (Å²) in [5.74, 6) is 0. The molecule has 2 heteroatoms. The van der Waals surface area contributed by atoms with Crippen LogP contribution in [0.1, 0.15) is 0 Å². The topological polar surface area (TPSA) is 38.0 Å². The molecule has 0 aromatic heterocycles. The highest BCUT2D eigenvalue weighted by Gasteiger charge is 2.05. The predicted octanol–water partition coefficient (Wildman–Crippen LogP) is 8.67. The van der Waals surface area contributed by atoms with E-state index in [1.807, 2.05) is 48.5 Å². The number of nitrogens with one attached hydrogen (secondary N) is 1. The Bertz CT molecular complexity index is 1520. The van der Waals surface area contributed by atoms with Gasteiger partial charge in [0.05, 0.1) is 0 Å². The van der Waals surface area contributed by atoms with Gasteiger partial charge in [0.15, 0.2) is 0 Å². The molecular weight excluding hydrogens is 412 g/mol. The maximum atomic E-state index is 6.25. The fraction of sp³-hybridized carbons (Fsp3) is 0. The molecule has 0 fully saturated rings. The molecule has 0 saturated carbocycles. The number of benzene rings is 6. The number of nitrogens with two attached hydrogens (primary N) is 1. The second kappa shape index (κ2) is 9.93. The summed E-state index contributed by atoms with van der Waals surface area (Å²) in [5.41, 5.74) is 11.6. The normalized spacial score (nSPS) is 10.5. The molecule has 6 aromatic rings. The SMILES string of the molecule is Nc1c(-c2ccccc2)ccc2ccccc12.c1ccc(Nc2cccc3ccccc23)cc1. The van der Waals surface area contributed by atoms with Crippen molar-refractivity contribution in [2.24, 2.45) is 0 Å². The Morgan fingerprint density at radius 3 is 1.74 bits per heavy atom. The van der Waals surface area contributed by atoms with Gasteiger partial charge in [-0.1, -0.05) is 121 Å². The van der Waals surface area contributed by atoms with Crippen molar-refractivity contribution in [1.82, 2.24) is 0 Å². The summed E-state index contributed by atoms with van der Waals surface area (Å²) in [7, 11) is 0. The van der Waals surface area contributed by atoms with Gasteiger partial charge >= 0.3 is 0 Å². The standard InChI is InChI=1S/2C16H13N/c1-2-9-14(10-3-1)17-16-12-6-8-13-7-4-5-11-15(13)16;17-16-14-9-5-4-8-13(14)10-11-15(16)12-6-2-1-3-7-12/h1-12,17H;1-11H,17H2. The van der Waals surface area contributed by atoms with E-state index >= 15 is 0 Å². The summed E-state index contributed by atoms with van der Waals surface area (Å²) in [4.78, 5) is 0. The van der Waals surface area contributed by atoms with Crippen molar-refractivity contribution in [3.8, 4) is 11.1 Å². The summed E-state index contributed by atoms with van der Waals surface area (Å²) in [5, 5.41) is 8.26. The minimum atomic E-state index is 0.856. The smallest absolute Gasteiger partial charge is 0.0473 e. The van der Waals surface area contributed by atoms with Crippen LogP contribution in [-0.2, 0) is 0 Å². The van der Waals surface area contributed by atoms with E-state index in [0.29, 0.717) is 0 Å². The van der Waals surface area contributed by atoms with Gasteiger partial charge in [-0.3, -0.25) is 0 Å². The first-order valence-corrected chi connectivity index (χ1v) is 11.4. The van der Waals surface area contributed by atoms with Gasteiger partial charge in [0.1, 0.15) is 0 Å². The van der Waals surface area contributed by atoms with Crippen LogP contribution in [0.3, 0.4) is 0 Å². The van der Waals surface area contributed by atoms with Crippen molar-refractivity contribution in [2.75, 3.05) is 11.1 Å². The molecule has 34 heavy (non-hydrogen) atoms. The molecule has 0 spiro atoms. The number of fused-ring (bicyclic) bond motifs is 2. The van der Waals surface area contributed by atoms with E-state index in [0.717, 1.165) is 33.6 Å².